The average molecular weight is 382 g/mol. The second kappa shape index (κ2) is 6.88. The fourth-order valence-electron chi connectivity index (χ4n) is 3.57. The molecule has 0 spiro atoms. The molecule has 1 atom stereocenters. The van der Waals surface area contributed by atoms with Gasteiger partial charge in [-0.15, -0.1) is 16.4 Å². The molecule has 1 aliphatic rings. The molecule has 1 unspecified atom stereocenters. The van der Waals surface area contributed by atoms with Gasteiger partial charge in [0.25, 0.3) is 5.56 Å². The molecule has 0 fully saturated rings. The van der Waals surface area contributed by atoms with Gasteiger partial charge in [0.1, 0.15) is 6.04 Å². The van der Waals surface area contributed by atoms with E-state index in [1.807, 2.05) is 32.0 Å². The number of carbonyl (C=O) groups excluding carboxylic acids is 1. The van der Waals surface area contributed by atoms with Gasteiger partial charge in [-0.2, -0.15) is 4.68 Å². The number of amides is 1. The summed E-state index contributed by atoms with van der Waals surface area (Å²) in [5, 5.41) is 11.9. The number of anilines is 1. The molecule has 6 nitrogen and oxygen atoms in total. The highest BCUT2D eigenvalue weighted by Gasteiger charge is 2.24. The molecular formula is C20H22N4O2S. The summed E-state index contributed by atoms with van der Waals surface area (Å²) < 4.78 is 1.21. The summed E-state index contributed by atoms with van der Waals surface area (Å²) >= 11 is 1.56. The van der Waals surface area contributed by atoms with Crippen molar-refractivity contribution in [3.8, 4) is 0 Å². The van der Waals surface area contributed by atoms with Gasteiger partial charge < -0.3 is 5.32 Å². The van der Waals surface area contributed by atoms with Crippen molar-refractivity contribution >= 4 is 33.1 Å². The minimum absolute atomic E-state index is 0.219. The number of nitrogens with one attached hydrogen (secondary N) is 1. The van der Waals surface area contributed by atoms with Crippen LogP contribution in [0.15, 0.2) is 23.0 Å². The molecule has 3 aromatic rings. The zero-order valence-electron chi connectivity index (χ0n) is 15.7. The molecule has 1 aliphatic carbocycles. The Morgan fingerprint density at radius 2 is 2.04 bits per heavy atom. The van der Waals surface area contributed by atoms with E-state index in [4.69, 9.17) is 0 Å². The Hall–Kier alpha value is -2.54. The van der Waals surface area contributed by atoms with Gasteiger partial charge in [-0.1, -0.05) is 17.3 Å². The molecule has 4 rings (SSSR count). The Kier molecular flexibility index (Phi) is 4.55. The Morgan fingerprint density at radius 1 is 1.26 bits per heavy atom. The topological polar surface area (TPSA) is 76.9 Å². The Balaban J connectivity index is 1.69. The summed E-state index contributed by atoms with van der Waals surface area (Å²) in [4.78, 5) is 27.8. The summed E-state index contributed by atoms with van der Waals surface area (Å²) in [5.41, 5.74) is 3.75. The van der Waals surface area contributed by atoms with Crippen LogP contribution in [0.1, 0.15) is 47.4 Å². The predicted molar refractivity (Wildman–Crippen MR) is 108 cm³/mol. The molecule has 1 amide bonds. The largest absolute Gasteiger partial charge is 0.324 e. The van der Waals surface area contributed by atoms with E-state index >= 15 is 0 Å². The van der Waals surface area contributed by atoms with Crippen LogP contribution in [0.3, 0.4) is 0 Å². The second-order valence-corrected chi connectivity index (χ2v) is 8.23. The lowest BCUT2D eigenvalue weighted by atomic mass is 9.97. The Labute approximate surface area is 161 Å². The summed E-state index contributed by atoms with van der Waals surface area (Å²) in [7, 11) is 0. The lowest BCUT2D eigenvalue weighted by Gasteiger charge is -2.16. The quantitative estimate of drug-likeness (QED) is 0.751. The van der Waals surface area contributed by atoms with Crippen LogP contribution in [0.5, 0.6) is 0 Å². The first kappa shape index (κ1) is 17.9. The van der Waals surface area contributed by atoms with Crippen LogP contribution in [0, 0.1) is 13.8 Å². The number of fused-ring (bicyclic) bond motifs is 3. The van der Waals surface area contributed by atoms with Crippen molar-refractivity contribution in [3.63, 3.8) is 0 Å². The number of carbonyl (C=O) groups is 1. The number of aryl methyl sites for hydroxylation is 3. The fraction of sp³-hybridized carbons (Fsp3) is 0.400. The van der Waals surface area contributed by atoms with Crippen LogP contribution in [0.2, 0.25) is 0 Å². The zero-order valence-corrected chi connectivity index (χ0v) is 16.5. The van der Waals surface area contributed by atoms with Gasteiger partial charge >= 0.3 is 0 Å². The van der Waals surface area contributed by atoms with Gasteiger partial charge in [0.05, 0.1) is 5.39 Å². The molecule has 2 heterocycles. The van der Waals surface area contributed by atoms with Gasteiger partial charge in [0, 0.05) is 10.6 Å². The molecule has 27 heavy (non-hydrogen) atoms. The number of nitrogens with zero attached hydrogens (tertiary/aromatic N) is 3. The zero-order chi connectivity index (χ0) is 19.1. The number of hydrogen-bond acceptors (Lipinski definition) is 5. The van der Waals surface area contributed by atoms with Crippen molar-refractivity contribution in [2.75, 3.05) is 5.32 Å². The van der Waals surface area contributed by atoms with Crippen LogP contribution >= 0.6 is 11.3 Å². The van der Waals surface area contributed by atoms with Crippen LogP contribution < -0.4 is 10.9 Å². The van der Waals surface area contributed by atoms with Crippen molar-refractivity contribution in [2.24, 2.45) is 0 Å². The van der Waals surface area contributed by atoms with Crippen LogP contribution in [0.25, 0.3) is 10.2 Å². The van der Waals surface area contributed by atoms with Crippen LogP contribution in [-0.4, -0.2) is 20.9 Å². The normalized spacial score (nSPS) is 14.8. The van der Waals surface area contributed by atoms with E-state index in [0.29, 0.717) is 10.2 Å². The van der Waals surface area contributed by atoms with Crippen molar-refractivity contribution in [2.45, 2.75) is 52.5 Å². The number of aromatic nitrogens is 3. The molecule has 7 heteroatoms. The van der Waals surface area contributed by atoms with Gasteiger partial charge in [-0.25, -0.2) is 0 Å². The van der Waals surface area contributed by atoms with Gasteiger partial charge in [-0.05, 0) is 69.2 Å². The summed E-state index contributed by atoms with van der Waals surface area (Å²) in [5.74, 6) is -0.274. The number of hydrogen-bond donors (Lipinski definition) is 1. The molecule has 0 bridgehead atoms. The van der Waals surface area contributed by atoms with E-state index < -0.39 is 6.04 Å². The third kappa shape index (κ3) is 3.06. The summed E-state index contributed by atoms with van der Waals surface area (Å²) in [6, 6.07) is 5.02. The Morgan fingerprint density at radius 3 is 2.85 bits per heavy atom. The Bertz CT molecular complexity index is 1100. The van der Waals surface area contributed by atoms with Crippen molar-refractivity contribution in [1.82, 2.24) is 15.0 Å². The molecule has 1 aromatic carbocycles. The maximum absolute atomic E-state index is 13.1. The molecule has 1 N–H and O–H groups in total. The maximum Gasteiger partial charge on any atom is 0.279 e. The smallest absolute Gasteiger partial charge is 0.279 e. The standard InChI is InChI=1S/C20H22N4O2S/c1-11-7-6-9-15(12(11)2)21-18(25)13(3)24-20(26)17-14-8-4-5-10-16(14)27-19(17)22-23-24/h6-7,9,13H,4-5,8,10H2,1-3H3,(H,21,25). The van der Waals surface area contributed by atoms with E-state index in [0.717, 1.165) is 48.1 Å². The highest BCUT2D eigenvalue weighted by atomic mass is 32.1. The average Bonchev–Trinajstić information content (AvgIpc) is 3.04. The highest BCUT2D eigenvalue weighted by molar-refractivity contribution is 7.18. The first-order valence-corrected chi connectivity index (χ1v) is 10.1. The second-order valence-electron chi connectivity index (χ2n) is 7.14. The molecule has 0 saturated heterocycles. The van der Waals surface area contributed by atoms with E-state index in [-0.39, 0.29) is 11.5 Å². The van der Waals surface area contributed by atoms with Gasteiger partial charge in [-0.3, -0.25) is 9.59 Å². The SMILES string of the molecule is Cc1cccc(NC(=O)C(C)n2nnc3sc4c(c3c2=O)CCCC4)c1C. The molecule has 2 aromatic heterocycles. The number of rotatable bonds is 3. The van der Waals surface area contributed by atoms with E-state index in [1.165, 1.54) is 9.56 Å². The predicted octanol–water partition coefficient (Wildman–Crippen LogP) is 3.55. The number of thiophene rings is 1. The van der Waals surface area contributed by atoms with E-state index in [2.05, 4.69) is 15.6 Å². The summed E-state index contributed by atoms with van der Waals surface area (Å²) in [6.45, 7) is 5.64. The third-order valence-electron chi connectivity index (χ3n) is 5.42. The van der Waals surface area contributed by atoms with Crippen molar-refractivity contribution < 1.29 is 4.79 Å². The van der Waals surface area contributed by atoms with E-state index in [1.54, 1.807) is 18.3 Å². The van der Waals surface area contributed by atoms with Crippen molar-refractivity contribution in [1.29, 1.82) is 0 Å². The third-order valence-corrected chi connectivity index (χ3v) is 6.59. The fourth-order valence-corrected chi connectivity index (χ4v) is 4.77. The van der Waals surface area contributed by atoms with Gasteiger partial charge in [0.2, 0.25) is 5.91 Å². The molecule has 0 radical (unpaired) electrons. The highest BCUT2D eigenvalue weighted by Crippen LogP contribution is 2.33. The molecular weight excluding hydrogens is 360 g/mol. The van der Waals surface area contributed by atoms with Crippen LogP contribution in [-0.2, 0) is 17.6 Å². The summed E-state index contributed by atoms with van der Waals surface area (Å²) in [6.07, 6.45) is 4.14. The number of benzene rings is 1. The first-order chi connectivity index (χ1) is 13.0. The lowest BCUT2D eigenvalue weighted by Crippen LogP contribution is -2.34. The maximum atomic E-state index is 13.1. The minimum Gasteiger partial charge on any atom is -0.324 e. The lowest BCUT2D eigenvalue weighted by molar-refractivity contribution is -0.119. The van der Waals surface area contributed by atoms with Crippen molar-refractivity contribution in [3.05, 3.63) is 50.1 Å². The molecule has 140 valence electrons. The van der Waals surface area contributed by atoms with Gasteiger partial charge in [0.15, 0.2) is 4.83 Å². The molecule has 0 saturated carbocycles. The van der Waals surface area contributed by atoms with E-state index in [9.17, 15) is 9.59 Å². The molecule has 0 aliphatic heterocycles. The first-order valence-electron chi connectivity index (χ1n) is 9.24. The monoisotopic (exact) mass is 382 g/mol. The minimum atomic E-state index is -0.742. The van der Waals surface area contributed by atoms with Crippen LogP contribution in [0.4, 0.5) is 5.69 Å².